The molecule has 0 aromatic heterocycles. The monoisotopic (exact) mass is 270 g/mol. The largest absolute Gasteiger partial charge is 0.271 e. The van der Waals surface area contributed by atoms with Crippen molar-refractivity contribution in [3.05, 3.63) is 34.6 Å². The van der Waals surface area contributed by atoms with Gasteiger partial charge in [0.1, 0.15) is 5.82 Å². The first-order valence-electron chi connectivity index (χ1n) is 6.54. The van der Waals surface area contributed by atoms with E-state index in [2.05, 4.69) is 12.3 Å². The van der Waals surface area contributed by atoms with Crippen LogP contribution in [0, 0.1) is 11.2 Å². The molecule has 4 heteroatoms. The molecular weight excluding hydrogens is 251 g/mol. The molecule has 0 bridgehead atoms. The van der Waals surface area contributed by atoms with Crippen molar-refractivity contribution in [3.8, 4) is 0 Å². The molecule has 0 spiro atoms. The summed E-state index contributed by atoms with van der Waals surface area (Å²) in [7, 11) is 0. The summed E-state index contributed by atoms with van der Waals surface area (Å²) in [6, 6.07) is 4.70. The first-order valence-corrected chi connectivity index (χ1v) is 6.92. The lowest BCUT2D eigenvalue weighted by Crippen LogP contribution is -2.40. The van der Waals surface area contributed by atoms with E-state index in [-0.39, 0.29) is 17.3 Å². The highest BCUT2D eigenvalue weighted by Crippen LogP contribution is 2.50. The Morgan fingerprint density at radius 3 is 2.61 bits per heavy atom. The normalized spacial score (nSPS) is 20.0. The number of hydrogen-bond acceptors (Lipinski definition) is 2. The number of rotatable bonds is 4. The third kappa shape index (κ3) is 2.40. The number of nitrogens with one attached hydrogen (secondary N) is 1. The predicted molar refractivity (Wildman–Crippen MR) is 72.7 cm³/mol. The average Bonchev–Trinajstić information content (AvgIpc) is 2.83. The van der Waals surface area contributed by atoms with Gasteiger partial charge in [-0.05, 0) is 36.8 Å². The lowest BCUT2D eigenvalue weighted by Gasteiger charge is -2.37. The van der Waals surface area contributed by atoms with E-state index in [0.29, 0.717) is 10.6 Å². The number of hydrazine groups is 1. The van der Waals surface area contributed by atoms with Gasteiger partial charge in [-0.15, -0.1) is 0 Å². The van der Waals surface area contributed by atoms with Gasteiger partial charge in [-0.25, -0.2) is 4.39 Å². The smallest absolute Gasteiger partial charge is 0.129 e. The van der Waals surface area contributed by atoms with Gasteiger partial charge in [-0.2, -0.15) is 0 Å². The maximum Gasteiger partial charge on any atom is 0.129 e. The number of halogens is 2. The third-order valence-electron chi connectivity index (χ3n) is 4.36. The van der Waals surface area contributed by atoms with E-state index in [1.54, 1.807) is 12.1 Å². The van der Waals surface area contributed by atoms with Crippen LogP contribution >= 0.6 is 11.6 Å². The van der Waals surface area contributed by atoms with Crippen molar-refractivity contribution in [2.75, 3.05) is 0 Å². The zero-order valence-electron chi connectivity index (χ0n) is 10.7. The highest BCUT2D eigenvalue weighted by atomic mass is 35.5. The van der Waals surface area contributed by atoms with Crippen LogP contribution in [-0.4, -0.2) is 0 Å². The Balaban J connectivity index is 2.38. The van der Waals surface area contributed by atoms with E-state index in [1.807, 2.05) is 0 Å². The molecule has 1 unspecified atom stereocenters. The minimum Gasteiger partial charge on any atom is -0.271 e. The van der Waals surface area contributed by atoms with Crippen LogP contribution in [0.1, 0.15) is 50.6 Å². The SMILES string of the molecule is CCC1(C(NN)c2ccc(Cl)cc2F)CCCC1. The first-order chi connectivity index (χ1) is 8.63. The standard InChI is InChI=1S/C14H20ClFN2/c1-2-14(7-3-4-8-14)13(18-17)11-6-5-10(15)9-12(11)16/h5-6,9,13,18H,2-4,7-8,17H2,1H3. The summed E-state index contributed by atoms with van der Waals surface area (Å²) in [5.41, 5.74) is 3.53. The highest BCUT2D eigenvalue weighted by molar-refractivity contribution is 6.30. The lowest BCUT2D eigenvalue weighted by atomic mass is 9.73. The topological polar surface area (TPSA) is 38.0 Å². The van der Waals surface area contributed by atoms with E-state index in [4.69, 9.17) is 17.4 Å². The van der Waals surface area contributed by atoms with Gasteiger partial charge >= 0.3 is 0 Å². The van der Waals surface area contributed by atoms with Gasteiger partial charge in [0.15, 0.2) is 0 Å². The molecule has 0 amide bonds. The van der Waals surface area contributed by atoms with Crippen LogP contribution in [0.25, 0.3) is 0 Å². The van der Waals surface area contributed by atoms with E-state index in [1.165, 1.54) is 18.9 Å². The second-order valence-electron chi connectivity index (χ2n) is 5.19. The van der Waals surface area contributed by atoms with Gasteiger partial charge < -0.3 is 0 Å². The van der Waals surface area contributed by atoms with Crippen molar-refractivity contribution in [3.63, 3.8) is 0 Å². The number of nitrogens with two attached hydrogens (primary N) is 1. The summed E-state index contributed by atoms with van der Waals surface area (Å²) < 4.78 is 14.1. The Morgan fingerprint density at radius 2 is 2.11 bits per heavy atom. The number of benzene rings is 1. The molecule has 0 saturated heterocycles. The Labute approximate surface area is 113 Å². The molecule has 18 heavy (non-hydrogen) atoms. The number of hydrogen-bond donors (Lipinski definition) is 2. The van der Waals surface area contributed by atoms with E-state index < -0.39 is 0 Å². The molecule has 100 valence electrons. The van der Waals surface area contributed by atoms with Crippen molar-refractivity contribution in [2.45, 2.75) is 45.1 Å². The zero-order chi connectivity index (χ0) is 13.2. The minimum atomic E-state index is -0.273. The fourth-order valence-electron chi connectivity index (χ4n) is 3.26. The highest BCUT2D eigenvalue weighted by Gasteiger charge is 2.41. The molecule has 1 aromatic rings. The van der Waals surface area contributed by atoms with E-state index >= 15 is 0 Å². The maximum absolute atomic E-state index is 14.1. The molecule has 2 rings (SSSR count). The van der Waals surface area contributed by atoms with Crippen LogP contribution < -0.4 is 11.3 Å². The molecular formula is C14H20ClFN2. The fourth-order valence-corrected chi connectivity index (χ4v) is 3.42. The first kappa shape index (κ1) is 13.8. The molecule has 1 aliphatic rings. The van der Waals surface area contributed by atoms with Gasteiger partial charge in [-0.3, -0.25) is 11.3 Å². The summed E-state index contributed by atoms with van der Waals surface area (Å²) in [6.07, 6.45) is 5.59. The molecule has 1 fully saturated rings. The molecule has 1 aromatic carbocycles. The van der Waals surface area contributed by atoms with Gasteiger partial charge in [0.2, 0.25) is 0 Å². The Kier molecular flexibility index (Phi) is 4.25. The van der Waals surface area contributed by atoms with Crippen molar-refractivity contribution < 1.29 is 4.39 Å². The average molecular weight is 271 g/mol. The fraction of sp³-hybridized carbons (Fsp3) is 0.571. The quantitative estimate of drug-likeness (QED) is 0.642. The molecule has 1 aliphatic carbocycles. The maximum atomic E-state index is 14.1. The summed E-state index contributed by atoms with van der Waals surface area (Å²) in [4.78, 5) is 0. The second kappa shape index (κ2) is 5.55. The van der Waals surface area contributed by atoms with Crippen molar-refractivity contribution >= 4 is 11.6 Å². The van der Waals surface area contributed by atoms with Crippen LogP contribution in [0.15, 0.2) is 18.2 Å². The Hall–Kier alpha value is -0.640. The molecule has 2 nitrogen and oxygen atoms in total. The van der Waals surface area contributed by atoms with E-state index in [0.717, 1.165) is 19.3 Å². The molecule has 0 heterocycles. The van der Waals surface area contributed by atoms with Crippen LogP contribution in [0.3, 0.4) is 0 Å². The summed E-state index contributed by atoms with van der Waals surface area (Å²) in [6.45, 7) is 2.16. The molecule has 1 saturated carbocycles. The molecule has 1 atom stereocenters. The van der Waals surface area contributed by atoms with Crippen molar-refractivity contribution in [1.29, 1.82) is 0 Å². The lowest BCUT2D eigenvalue weighted by molar-refractivity contribution is 0.184. The summed E-state index contributed by atoms with van der Waals surface area (Å²) >= 11 is 5.80. The zero-order valence-corrected chi connectivity index (χ0v) is 11.4. The Morgan fingerprint density at radius 1 is 1.44 bits per heavy atom. The van der Waals surface area contributed by atoms with Gasteiger partial charge in [0.25, 0.3) is 0 Å². The molecule has 3 N–H and O–H groups in total. The van der Waals surface area contributed by atoms with Crippen molar-refractivity contribution in [2.24, 2.45) is 11.3 Å². The second-order valence-corrected chi connectivity index (χ2v) is 5.62. The van der Waals surface area contributed by atoms with Crippen LogP contribution in [-0.2, 0) is 0 Å². The third-order valence-corrected chi connectivity index (χ3v) is 4.59. The summed E-state index contributed by atoms with van der Waals surface area (Å²) in [5.74, 6) is 5.43. The van der Waals surface area contributed by atoms with E-state index in [9.17, 15) is 4.39 Å². The molecule has 0 aliphatic heterocycles. The minimum absolute atomic E-state index is 0.0728. The van der Waals surface area contributed by atoms with Crippen LogP contribution in [0.2, 0.25) is 5.02 Å². The summed E-state index contributed by atoms with van der Waals surface area (Å²) in [5, 5.41) is 0.420. The van der Waals surface area contributed by atoms with Crippen LogP contribution in [0.5, 0.6) is 0 Å². The van der Waals surface area contributed by atoms with Crippen LogP contribution in [0.4, 0.5) is 4.39 Å². The van der Waals surface area contributed by atoms with Gasteiger partial charge in [0.05, 0.1) is 6.04 Å². The van der Waals surface area contributed by atoms with Gasteiger partial charge in [-0.1, -0.05) is 37.4 Å². The predicted octanol–water partition coefficient (Wildman–Crippen LogP) is 3.95. The molecule has 0 radical (unpaired) electrons. The Bertz CT molecular complexity index is 416. The van der Waals surface area contributed by atoms with Gasteiger partial charge in [0, 0.05) is 10.6 Å². The van der Waals surface area contributed by atoms with Crippen molar-refractivity contribution in [1.82, 2.24) is 5.43 Å².